The fourth-order valence-corrected chi connectivity index (χ4v) is 1.62. The first kappa shape index (κ1) is 10.6. The van der Waals surface area contributed by atoms with Gasteiger partial charge in [-0.3, -0.25) is 0 Å². The molecule has 0 spiro atoms. The molecule has 1 radical (unpaired) electrons. The molecule has 1 unspecified atom stereocenters. The second-order valence-corrected chi connectivity index (χ2v) is 3.81. The van der Waals surface area contributed by atoms with Crippen molar-refractivity contribution in [1.29, 1.82) is 0 Å². The number of benzene rings is 1. The Hall–Kier alpha value is -0.490. The number of halogens is 1. The number of unbranched alkanes of at least 4 members (excludes halogenated alkanes) is 2. The predicted molar refractivity (Wildman–Crippen MR) is 58.0 cm³/mol. The Bertz CT molecular complexity index is 218. The summed E-state index contributed by atoms with van der Waals surface area (Å²) in [6.45, 7) is 2.21. The highest BCUT2D eigenvalue weighted by molar-refractivity contribution is 6.20. The topological polar surface area (TPSA) is 0 Å². The molecule has 0 aromatic heterocycles. The molecule has 0 nitrogen and oxygen atoms in total. The Labute approximate surface area is 85.9 Å². The first-order valence-corrected chi connectivity index (χ1v) is 5.39. The molecule has 0 aliphatic heterocycles. The highest BCUT2D eigenvalue weighted by Gasteiger charge is 2.05. The molecule has 1 heteroatoms. The molecule has 13 heavy (non-hydrogen) atoms. The van der Waals surface area contributed by atoms with Crippen LogP contribution in [0.15, 0.2) is 24.3 Å². The largest absolute Gasteiger partial charge is 0.118 e. The van der Waals surface area contributed by atoms with Crippen LogP contribution in [0, 0.1) is 6.07 Å². The van der Waals surface area contributed by atoms with Gasteiger partial charge in [-0.25, -0.2) is 0 Å². The minimum absolute atomic E-state index is 0.146. The maximum atomic E-state index is 6.21. The van der Waals surface area contributed by atoms with Crippen LogP contribution in [-0.2, 0) is 0 Å². The molecule has 0 heterocycles. The fourth-order valence-electron chi connectivity index (χ4n) is 1.33. The van der Waals surface area contributed by atoms with Crippen molar-refractivity contribution in [2.45, 2.75) is 38.0 Å². The van der Waals surface area contributed by atoms with E-state index in [1.807, 2.05) is 24.3 Å². The average molecular weight is 196 g/mol. The summed E-state index contributed by atoms with van der Waals surface area (Å²) in [5.74, 6) is 0. The Morgan fingerprint density at radius 3 is 2.85 bits per heavy atom. The van der Waals surface area contributed by atoms with Crippen molar-refractivity contribution in [3.05, 3.63) is 35.9 Å². The predicted octanol–water partition coefficient (Wildman–Crippen LogP) is 4.35. The normalized spacial score (nSPS) is 12.8. The standard InChI is InChI=1S/C12H16Cl/c1-2-3-5-10-12(13)11-8-6-4-7-9-11/h4,6-8,12H,2-3,5,10H2,1H3. The number of alkyl halides is 1. The van der Waals surface area contributed by atoms with Crippen LogP contribution in [0.2, 0.25) is 0 Å². The molecule has 0 aliphatic rings. The molecule has 0 bridgehead atoms. The van der Waals surface area contributed by atoms with Crippen molar-refractivity contribution in [3.63, 3.8) is 0 Å². The SMILES string of the molecule is CCCCCC(Cl)c1[c]cccc1. The third-order valence-electron chi connectivity index (χ3n) is 2.13. The van der Waals surface area contributed by atoms with Crippen LogP contribution in [0.25, 0.3) is 0 Å². The van der Waals surface area contributed by atoms with Crippen molar-refractivity contribution < 1.29 is 0 Å². The van der Waals surface area contributed by atoms with Gasteiger partial charge in [-0.2, -0.15) is 0 Å². The zero-order chi connectivity index (χ0) is 9.52. The summed E-state index contributed by atoms with van der Waals surface area (Å²) in [5, 5.41) is 0.146. The average Bonchev–Trinajstić information content (AvgIpc) is 2.19. The maximum Gasteiger partial charge on any atom is 0.0591 e. The Balaban J connectivity index is 2.35. The van der Waals surface area contributed by atoms with Gasteiger partial charge < -0.3 is 0 Å². The van der Waals surface area contributed by atoms with Gasteiger partial charge in [0.1, 0.15) is 0 Å². The van der Waals surface area contributed by atoms with Crippen LogP contribution in [0.5, 0.6) is 0 Å². The lowest BCUT2D eigenvalue weighted by molar-refractivity contribution is 0.655. The quantitative estimate of drug-likeness (QED) is 0.484. The lowest BCUT2D eigenvalue weighted by Crippen LogP contribution is -1.90. The van der Waals surface area contributed by atoms with Crippen LogP contribution < -0.4 is 0 Å². The van der Waals surface area contributed by atoms with Gasteiger partial charge >= 0.3 is 0 Å². The highest BCUT2D eigenvalue weighted by Crippen LogP contribution is 2.25. The van der Waals surface area contributed by atoms with E-state index in [0.717, 1.165) is 12.0 Å². The lowest BCUT2D eigenvalue weighted by Gasteiger charge is -2.08. The molecule has 0 saturated carbocycles. The van der Waals surface area contributed by atoms with Gasteiger partial charge in [0.2, 0.25) is 0 Å². The molecular formula is C12H16Cl. The molecule has 1 atom stereocenters. The van der Waals surface area contributed by atoms with Gasteiger partial charge in [0.15, 0.2) is 0 Å². The molecule has 1 rings (SSSR count). The Morgan fingerprint density at radius 2 is 2.23 bits per heavy atom. The number of hydrogen-bond acceptors (Lipinski definition) is 0. The van der Waals surface area contributed by atoms with Gasteiger partial charge in [-0.05, 0) is 18.1 Å². The van der Waals surface area contributed by atoms with E-state index in [4.69, 9.17) is 11.6 Å². The van der Waals surface area contributed by atoms with Crippen molar-refractivity contribution >= 4 is 11.6 Å². The minimum Gasteiger partial charge on any atom is -0.118 e. The van der Waals surface area contributed by atoms with Gasteiger partial charge in [-0.1, -0.05) is 50.5 Å². The molecule has 1 aromatic rings. The Kier molecular flexibility index (Phi) is 4.92. The number of rotatable bonds is 5. The van der Waals surface area contributed by atoms with Crippen LogP contribution in [0.4, 0.5) is 0 Å². The van der Waals surface area contributed by atoms with Crippen LogP contribution in [-0.4, -0.2) is 0 Å². The second-order valence-electron chi connectivity index (χ2n) is 3.28. The lowest BCUT2D eigenvalue weighted by atomic mass is 10.1. The second kappa shape index (κ2) is 6.04. The van der Waals surface area contributed by atoms with E-state index in [2.05, 4.69) is 13.0 Å². The van der Waals surface area contributed by atoms with Crippen LogP contribution in [0.3, 0.4) is 0 Å². The molecule has 0 fully saturated rings. The summed E-state index contributed by atoms with van der Waals surface area (Å²) in [7, 11) is 0. The summed E-state index contributed by atoms with van der Waals surface area (Å²) in [4.78, 5) is 0. The first-order valence-electron chi connectivity index (χ1n) is 4.95. The summed E-state index contributed by atoms with van der Waals surface area (Å²) in [6, 6.07) is 11.1. The maximum absolute atomic E-state index is 6.21. The monoisotopic (exact) mass is 195 g/mol. The van der Waals surface area contributed by atoms with Crippen LogP contribution in [0.1, 0.15) is 43.5 Å². The third kappa shape index (κ3) is 3.82. The molecule has 0 N–H and O–H groups in total. The van der Waals surface area contributed by atoms with Crippen molar-refractivity contribution in [2.24, 2.45) is 0 Å². The molecule has 71 valence electrons. The minimum atomic E-state index is 0.146. The number of hydrogen-bond donors (Lipinski definition) is 0. The van der Waals surface area contributed by atoms with E-state index >= 15 is 0 Å². The van der Waals surface area contributed by atoms with Crippen LogP contribution >= 0.6 is 11.6 Å². The van der Waals surface area contributed by atoms with E-state index in [1.165, 1.54) is 19.3 Å². The summed E-state index contributed by atoms with van der Waals surface area (Å²) < 4.78 is 0. The van der Waals surface area contributed by atoms with Crippen molar-refractivity contribution in [2.75, 3.05) is 0 Å². The first-order chi connectivity index (χ1) is 6.34. The third-order valence-corrected chi connectivity index (χ3v) is 2.59. The van der Waals surface area contributed by atoms with E-state index in [9.17, 15) is 0 Å². The summed E-state index contributed by atoms with van der Waals surface area (Å²) >= 11 is 6.21. The molecule has 0 amide bonds. The van der Waals surface area contributed by atoms with E-state index in [-0.39, 0.29) is 5.38 Å². The highest BCUT2D eigenvalue weighted by atomic mass is 35.5. The smallest absolute Gasteiger partial charge is 0.0591 e. The van der Waals surface area contributed by atoms with Gasteiger partial charge in [0.05, 0.1) is 5.38 Å². The van der Waals surface area contributed by atoms with E-state index < -0.39 is 0 Å². The van der Waals surface area contributed by atoms with E-state index in [0.29, 0.717) is 0 Å². The van der Waals surface area contributed by atoms with Gasteiger partial charge in [0, 0.05) is 0 Å². The summed E-state index contributed by atoms with van der Waals surface area (Å²) in [5.41, 5.74) is 1.13. The van der Waals surface area contributed by atoms with Gasteiger partial charge in [0.25, 0.3) is 0 Å². The van der Waals surface area contributed by atoms with Crippen molar-refractivity contribution in [1.82, 2.24) is 0 Å². The van der Waals surface area contributed by atoms with Crippen molar-refractivity contribution in [3.8, 4) is 0 Å². The molecule has 1 aromatic carbocycles. The van der Waals surface area contributed by atoms with E-state index in [1.54, 1.807) is 0 Å². The molecular weight excluding hydrogens is 180 g/mol. The zero-order valence-corrected chi connectivity index (χ0v) is 8.85. The fraction of sp³-hybridized carbons (Fsp3) is 0.500. The molecule has 0 aliphatic carbocycles. The molecule has 0 saturated heterocycles. The zero-order valence-electron chi connectivity index (χ0n) is 8.09. The Morgan fingerprint density at radius 1 is 1.38 bits per heavy atom. The van der Waals surface area contributed by atoms with Gasteiger partial charge in [-0.15, -0.1) is 11.6 Å². The summed E-state index contributed by atoms with van der Waals surface area (Å²) in [6.07, 6.45) is 4.81.